The molecular formula is C20H25NO5S. The number of hydrogen-bond acceptors (Lipinski definition) is 5. The molecule has 1 aliphatic carbocycles. The normalized spacial score (nSPS) is 20.2. The summed E-state index contributed by atoms with van der Waals surface area (Å²) < 4.78 is 36.0. The zero-order valence-corrected chi connectivity index (χ0v) is 16.4. The van der Waals surface area contributed by atoms with Gasteiger partial charge in [0.1, 0.15) is 22.2 Å². The Morgan fingerprint density at radius 3 is 2.56 bits per heavy atom. The van der Waals surface area contributed by atoms with Crippen LogP contribution in [0.15, 0.2) is 45.7 Å². The third-order valence-electron chi connectivity index (χ3n) is 4.97. The first-order chi connectivity index (χ1) is 12.9. The van der Waals surface area contributed by atoms with Crippen LogP contribution in [0.5, 0.6) is 5.75 Å². The minimum atomic E-state index is -3.65. The van der Waals surface area contributed by atoms with E-state index in [1.807, 2.05) is 0 Å². The van der Waals surface area contributed by atoms with Crippen molar-refractivity contribution in [2.45, 2.75) is 49.3 Å². The van der Waals surface area contributed by atoms with E-state index in [1.165, 1.54) is 25.3 Å². The summed E-state index contributed by atoms with van der Waals surface area (Å²) in [5, 5.41) is 2.98. The van der Waals surface area contributed by atoms with Gasteiger partial charge in [-0.25, -0.2) is 8.42 Å². The number of furan rings is 1. The fraction of sp³-hybridized carbons (Fsp3) is 0.450. The first kappa shape index (κ1) is 19.5. The molecule has 0 saturated heterocycles. The summed E-state index contributed by atoms with van der Waals surface area (Å²) in [4.78, 5) is 12.5. The summed E-state index contributed by atoms with van der Waals surface area (Å²) >= 11 is 0. The Balaban J connectivity index is 1.67. The van der Waals surface area contributed by atoms with Crippen molar-refractivity contribution in [3.05, 3.63) is 47.9 Å². The first-order valence-electron chi connectivity index (χ1n) is 9.14. The van der Waals surface area contributed by atoms with E-state index in [2.05, 4.69) is 12.2 Å². The van der Waals surface area contributed by atoms with Gasteiger partial charge in [-0.2, -0.15) is 0 Å². The van der Waals surface area contributed by atoms with E-state index < -0.39 is 9.84 Å². The lowest BCUT2D eigenvalue weighted by Gasteiger charge is -2.26. The molecule has 1 saturated carbocycles. The van der Waals surface area contributed by atoms with Gasteiger partial charge in [-0.3, -0.25) is 4.79 Å². The van der Waals surface area contributed by atoms with Crippen LogP contribution in [0.3, 0.4) is 0 Å². The van der Waals surface area contributed by atoms with Crippen LogP contribution in [-0.4, -0.2) is 27.5 Å². The number of amides is 1. The molecule has 1 heterocycles. The van der Waals surface area contributed by atoms with Gasteiger partial charge in [-0.05, 0) is 55.9 Å². The van der Waals surface area contributed by atoms with Crippen LogP contribution in [0.4, 0.5) is 0 Å². The van der Waals surface area contributed by atoms with Crippen LogP contribution in [0.25, 0.3) is 0 Å². The fourth-order valence-electron chi connectivity index (χ4n) is 3.38. The van der Waals surface area contributed by atoms with Crippen molar-refractivity contribution in [3.63, 3.8) is 0 Å². The fourth-order valence-corrected chi connectivity index (χ4v) is 4.81. The van der Waals surface area contributed by atoms with Crippen molar-refractivity contribution in [2.75, 3.05) is 7.11 Å². The molecule has 1 N–H and O–H groups in total. The summed E-state index contributed by atoms with van der Waals surface area (Å²) in [7, 11) is -2.23. The minimum absolute atomic E-state index is 0.103. The molecule has 2 aromatic rings. The maximum absolute atomic E-state index is 12.7. The maximum atomic E-state index is 12.7. The maximum Gasteiger partial charge on any atom is 0.287 e. The van der Waals surface area contributed by atoms with Crippen molar-refractivity contribution >= 4 is 15.7 Å². The van der Waals surface area contributed by atoms with Crippen LogP contribution in [-0.2, 0) is 15.6 Å². The van der Waals surface area contributed by atoms with Crippen LogP contribution < -0.4 is 10.1 Å². The van der Waals surface area contributed by atoms with E-state index >= 15 is 0 Å². The highest BCUT2D eigenvalue weighted by molar-refractivity contribution is 7.90. The highest BCUT2D eigenvalue weighted by Crippen LogP contribution is 2.27. The number of ether oxygens (including phenoxy) is 1. The summed E-state index contributed by atoms with van der Waals surface area (Å²) in [5.74, 6) is 0.724. The van der Waals surface area contributed by atoms with Gasteiger partial charge >= 0.3 is 0 Å². The molecule has 0 atom stereocenters. The standard InChI is InChI=1S/C20H25NO5S/c1-14-7-9-15(10-8-14)21-20(22)18-12-11-16(26-18)13-27(23,24)19-6-4-3-5-17(19)25-2/h3-6,11-12,14-15H,7-10,13H2,1-2H3,(H,21,22). The molecule has 1 fully saturated rings. The number of hydrogen-bond donors (Lipinski definition) is 1. The van der Waals surface area contributed by atoms with Crippen molar-refractivity contribution in [1.82, 2.24) is 5.32 Å². The number of para-hydroxylation sites is 1. The predicted octanol–water partition coefficient (Wildman–Crippen LogP) is 3.57. The van der Waals surface area contributed by atoms with E-state index in [0.29, 0.717) is 5.92 Å². The largest absolute Gasteiger partial charge is 0.495 e. The van der Waals surface area contributed by atoms with Gasteiger partial charge in [0.15, 0.2) is 15.6 Å². The molecule has 1 aromatic heterocycles. The smallest absolute Gasteiger partial charge is 0.287 e. The minimum Gasteiger partial charge on any atom is -0.495 e. The zero-order chi connectivity index (χ0) is 19.4. The van der Waals surface area contributed by atoms with E-state index in [-0.39, 0.29) is 39.9 Å². The van der Waals surface area contributed by atoms with Gasteiger partial charge in [0.05, 0.1) is 7.11 Å². The topological polar surface area (TPSA) is 85.6 Å². The second-order valence-corrected chi connectivity index (χ2v) is 9.06. The number of carbonyl (C=O) groups is 1. The summed E-state index contributed by atoms with van der Waals surface area (Å²) in [5.41, 5.74) is 0. The molecule has 27 heavy (non-hydrogen) atoms. The number of sulfone groups is 1. The van der Waals surface area contributed by atoms with Gasteiger partial charge in [0.2, 0.25) is 0 Å². The lowest BCUT2D eigenvalue weighted by molar-refractivity contribution is 0.0893. The number of benzene rings is 1. The predicted molar refractivity (Wildman–Crippen MR) is 101 cm³/mol. The van der Waals surface area contributed by atoms with Gasteiger partial charge in [-0.15, -0.1) is 0 Å². The SMILES string of the molecule is COc1ccccc1S(=O)(=O)Cc1ccc(C(=O)NC2CCC(C)CC2)o1. The average molecular weight is 391 g/mol. The second kappa shape index (κ2) is 8.17. The van der Waals surface area contributed by atoms with Crippen molar-refractivity contribution < 1.29 is 22.4 Å². The molecule has 3 rings (SSSR count). The number of nitrogens with one attached hydrogen (secondary N) is 1. The molecule has 0 unspecified atom stereocenters. The third kappa shape index (κ3) is 4.71. The Morgan fingerprint density at radius 1 is 1.15 bits per heavy atom. The lowest BCUT2D eigenvalue weighted by Crippen LogP contribution is -2.37. The van der Waals surface area contributed by atoms with E-state index in [0.717, 1.165) is 25.7 Å². The second-order valence-electron chi connectivity index (χ2n) is 7.11. The first-order valence-corrected chi connectivity index (χ1v) is 10.8. The van der Waals surface area contributed by atoms with E-state index in [1.54, 1.807) is 18.2 Å². The molecular weight excluding hydrogens is 366 g/mol. The average Bonchev–Trinajstić information content (AvgIpc) is 3.11. The number of carbonyl (C=O) groups excluding carboxylic acids is 1. The van der Waals surface area contributed by atoms with Crippen LogP contribution >= 0.6 is 0 Å². The highest BCUT2D eigenvalue weighted by atomic mass is 32.2. The number of methoxy groups -OCH3 is 1. The lowest BCUT2D eigenvalue weighted by atomic mass is 9.87. The molecule has 1 aliphatic rings. The van der Waals surface area contributed by atoms with E-state index in [4.69, 9.17) is 9.15 Å². The molecule has 0 spiro atoms. The number of rotatable bonds is 6. The van der Waals surface area contributed by atoms with E-state index in [9.17, 15) is 13.2 Å². The molecule has 6 nitrogen and oxygen atoms in total. The molecule has 0 aliphatic heterocycles. The Bertz CT molecular complexity index is 895. The van der Waals surface area contributed by atoms with Crippen LogP contribution in [0.2, 0.25) is 0 Å². The Labute approximate surface area is 159 Å². The molecule has 7 heteroatoms. The zero-order valence-electron chi connectivity index (χ0n) is 15.6. The van der Waals surface area contributed by atoms with Crippen molar-refractivity contribution in [1.29, 1.82) is 0 Å². The molecule has 0 radical (unpaired) electrons. The van der Waals surface area contributed by atoms with Crippen molar-refractivity contribution in [2.24, 2.45) is 5.92 Å². The third-order valence-corrected chi connectivity index (χ3v) is 6.64. The monoisotopic (exact) mass is 391 g/mol. The Hall–Kier alpha value is -2.28. The Morgan fingerprint density at radius 2 is 1.85 bits per heavy atom. The highest BCUT2D eigenvalue weighted by Gasteiger charge is 2.24. The quantitative estimate of drug-likeness (QED) is 0.814. The molecule has 146 valence electrons. The van der Waals surface area contributed by atoms with Gasteiger partial charge in [0, 0.05) is 6.04 Å². The summed E-state index contributed by atoms with van der Waals surface area (Å²) in [6, 6.07) is 9.65. The van der Waals surface area contributed by atoms with Gasteiger partial charge in [-0.1, -0.05) is 19.1 Å². The Kier molecular flexibility index (Phi) is 5.89. The molecule has 1 aromatic carbocycles. The molecule has 0 bridgehead atoms. The van der Waals surface area contributed by atoms with Gasteiger partial charge < -0.3 is 14.5 Å². The summed E-state index contributed by atoms with van der Waals surface area (Å²) in [6.07, 6.45) is 4.13. The van der Waals surface area contributed by atoms with Gasteiger partial charge in [0.25, 0.3) is 5.91 Å². The summed E-state index contributed by atoms with van der Waals surface area (Å²) in [6.45, 7) is 2.22. The van der Waals surface area contributed by atoms with Crippen LogP contribution in [0, 0.1) is 5.92 Å². The van der Waals surface area contributed by atoms with Crippen LogP contribution in [0.1, 0.15) is 48.9 Å². The molecule has 1 amide bonds. The van der Waals surface area contributed by atoms with Crippen molar-refractivity contribution in [3.8, 4) is 5.75 Å².